The fourth-order valence-electron chi connectivity index (χ4n) is 2.48. The van der Waals surface area contributed by atoms with Crippen LogP contribution in [-0.2, 0) is 10.0 Å². The summed E-state index contributed by atoms with van der Waals surface area (Å²) >= 11 is 0. The largest absolute Gasteiger partial charge is 0.317 e. The summed E-state index contributed by atoms with van der Waals surface area (Å²) in [5, 5.41) is 12.1. The monoisotopic (exact) mass is 293 g/mol. The lowest BCUT2D eigenvalue weighted by atomic mass is 9.92. The first-order valence-electron chi connectivity index (χ1n) is 6.62. The number of piperidine rings is 1. The lowest BCUT2D eigenvalue weighted by Crippen LogP contribution is -2.52. The number of hydrogen-bond donors (Lipinski definition) is 2. The number of nitrogens with one attached hydrogen (secondary N) is 2. The van der Waals surface area contributed by atoms with Gasteiger partial charge in [-0.3, -0.25) is 0 Å². The van der Waals surface area contributed by atoms with Crippen molar-refractivity contribution in [2.75, 3.05) is 13.1 Å². The molecule has 6 heteroatoms. The van der Waals surface area contributed by atoms with E-state index in [1.807, 2.05) is 13.0 Å². The van der Waals surface area contributed by atoms with Gasteiger partial charge in [-0.15, -0.1) is 0 Å². The predicted molar refractivity (Wildman–Crippen MR) is 76.7 cm³/mol. The van der Waals surface area contributed by atoms with E-state index >= 15 is 0 Å². The van der Waals surface area contributed by atoms with Gasteiger partial charge in [0.2, 0.25) is 10.0 Å². The Morgan fingerprint density at radius 2 is 2.00 bits per heavy atom. The topological polar surface area (TPSA) is 82.0 Å². The van der Waals surface area contributed by atoms with Gasteiger partial charge in [0.15, 0.2) is 0 Å². The van der Waals surface area contributed by atoms with E-state index in [9.17, 15) is 8.42 Å². The number of nitriles is 1. The molecule has 1 aromatic carbocycles. The van der Waals surface area contributed by atoms with Crippen LogP contribution in [0.1, 0.15) is 30.9 Å². The molecular formula is C14H19N3O2S. The van der Waals surface area contributed by atoms with E-state index in [-0.39, 0.29) is 4.90 Å². The van der Waals surface area contributed by atoms with Crippen molar-refractivity contribution in [2.45, 2.75) is 37.1 Å². The number of nitrogens with zero attached hydrogens (tertiary/aromatic N) is 1. The Labute approximate surface area is 120 Å². The SMILES string of the molecule is Cc1cc(C#N)ccc1S(=O)(=O)NC1(C)CCNCC1. The van der Waals surface area contributed by atoms with Gasteiger partial charge in [-0.25, -0.2) is 13.1 Å². The third-order valence-corrected chi connectivity index (χ3v) is 5.48. The molecule has 2 rings (SSSR count). The Kier molecular flexibility index (Phi) is 4.14. The van der Waals surface area contributed by atoms with Crippen LogP contribution in [0.25, 0.3) is 0 Å². The van der Waals surface area contributed by atoms with Gasteiger partial charge >= 0.3 is 0 Å². The summed E-state index contributed by atoms with van der Waals surface area (Å²) in [6.07, 6.45) is 1.53. The van der Waals surface area contributed by atoms with Crippen molar-refractivity contribution in [3.63, 3.8) is 0 Å². The van der Waals surface area contributed by atoms with Gasteiger partial charge in [0.25, 0.3) is 0 Å². The van der Waals surface area contributed by atoms with E-state index in [2.05, 4.69) is 10.0 Å². The Hall–Kier alpha value is -1.42. The van der Waals surface area contributed by atoms with Gasteiger partial charge in [0, 0.05) is 5.54 Å². The highest BCUT2D eigenvalue weighted by Crippen LogP contribution is 2.23. The number of aryl methyl sites for hydroxylation is 1. The molecule has 0 spiro atoms. The van der Waals surface area contributed by atoms with E-state index in [1.54, 1.807) is 13.0 Å². The van der Waals surface area contributed by atoms with E-state index in [4.69, 9.17) is 5.26 Å². The molecule has 1 aliphatic rings. The summed E-state index contributed by atoms with van der Waals surface area (Å²) < 4.78 is 27.8. The van der Waals surface area contributed by atoms with Crippen LogP contribution in [0, 0.1) is 18.3 Å². The summed E-state index contributed by atoms with van der Waals surface area (Å²) in [6, 6.07) is 6.64. The van der Waals surface area contributed by atoms with Gasteiger partial charge in [0.05, 0.1) is 16.5 Å². The zero-order chi connectivity index (χ0) is 14.8. The smallest absolute Gasteiger partial charge is 0.241 e. The Bertz CT molecular complexity index is 641. The molecule has 0 aliphatic carbocycles. The van der Waals surface area contributed by atoms with Crippen LogP contribution in [0.2, 0.25) is 0 Å². The van der Waals surface area contributed by atoms with Crippen LogP contribution in [0.15, 0.2) is 23.1 Å². The minimum atomic E-state index is -3.56. The molecule has 0 aromatic heterocycles. The zero-order valence-corrected chi connectivity index (χ0v) is 12.5. The summed E-state index contributed by atoms with van der Waals surface area (Å²) in [6.45, 7) is 5.27. The quantitative estimate of drug-likeness (QED) is 0.879. The van der Waals surface area contributed by atoms with Gasteiger partial charge in [-0.05, 0) is 63.5 Å². The van der Waals surface area contributed by atoms with Gasteiger partial charge in [0.1, 0.15) is 0 Å². The minimum Gasteiger partial charge on any atom is -0.317 e. The standard InChI is InChI=1S/C14H19N3O2S/c1-11-9-12(10-15)3-4-13(11)20(18,19)17-14(2)5-7-16-8-6-14/h3-4,9,16-17H,5-8H2,1-2H3. The zero-order valence-electron chi connectivity index (χ0n) is 11.7. The first kappa shape index (κ1) is 15.0. The van der Waals surface area contributed by atoms with E-state index < -0.39 is 15.6 Å². The first-order chi connectivity index (χ1) is 9.36. The highest BCUT2D eigenvalue weighted by Gasteiger charge is 2.32. The third-order valence-electron chi connectivity index (χ3n) is 3.68. The second-order valence-electron chi connectivity index (χ2n) is 5.51. The van der Waals surface area contributed by atoms with Crippen LogP contribution in [0.5, 0.6) is 0 Å². The highest BCUT2D eigenvalue weighted by atomic mass is 32.2. The van der Waals surface area contributed by atoms with E-state index in [0.717, 1.165) is 25.9 Å². The second kappa shape index (κ2) is 5.52. The minimum absolute atomic E-state index is 0.247. The van der Waals surface area contributed by atoms with E-state index in [1.165, 1.54) is 12.1 Å². The highest BCUT2D eigenvalue weighted by molar-refractivity contribution is 7.89. The van der Waals surface area contributed by atoms with Crippen molar-refractivity contribution in [1.29, 1.82) is 5.26 Å². The molecule has 0 bridgehead atoms. The molecule has 0 unspecified atom stereocenters. The second-order valence-corrected chi connectivity index (χ2v) is 7.16. The Morgan fingerprint density at radius 3 is 2.55 bits per heavy atom. The van der Waals surface area contributed by atoms with Crippen molar-refractivity contribution in [3.8, 4) is 6.07 Å². The molecular weight excluding hydrogens is 274 g/mol. The maximum atomic E-state index is 12.5. The average Bonchev–Trinajstić information content (AvgIpc) is 2.37. The van der Waals surface area contributed by atoms with Gasteiger partial charge in [-0.2, -0.15) is 5.26 Å². The van der Waals surface area contributed by atoms with Gasteiger partial charge < -0.3 is 5.32 Å². The summed E-state index contributed by atoms with van der Waals surface area (Å²) in [4.78, 5) is 0.247. The molecule has 2 N–H and O–H groups in total. The Balaban J connectivity index is 2.29. The number of sulfonamides is 1. The van der Waals surface area contributed by atoms with Crippen molar-refractivity contribution >= 4 is 10.0 Å². The van der Waals surface area contributed by atoms with Crippen LogP contribution < -0.4 is 10.0 Å². The summed E-state index contributed by atoms with van der Waals surface area (Å²) in [7, 11) is -3.56. The maximum absolute atomic E-state index is 12.5. The van der Waals surface area contributed by atoms with Crippen LogP contribution in [-0.4, -0.2) is 27.0 Å². The fraction of sp³-hybridized carbons (Fsp3) is 0.500. The molecule has 0 saturated carbocycles. The molecule has 1 fully saturated rings. The van der Waals surface area contributed by atoms with Gasteiger partial charge in [-0.1, -0.05) is 0 Å². The normalized spacial score (nSPS) is 18.4. The third kappa shape index (κ3) is 3.18. The van der Waals surface area contributed by atoms with Crippen LogP contribution in [0.4, 0.5) is 0 Å². The average molecular weight is 293 g/mol. The van der Waals surface area contributed by atoms with Crippen molar-refractivity contribution < 1.29 is 8.42 Å². The summed E-state index contributed by atoms with van der Waals surface area (Å²) in [5.74, 6) is 0. The van der Waals surface area contributed by atoms with Crippen molar-refractivity contribution in [2.24, 2.45) is 0 Å². The number of benzene rings is 1. The molecule has 0 amide bonds. The fourth-order valence-corrected chi connectivity index (χ4v) is 4.17. The molecule has 1 aliphatic heterocycles. The predicted octanol–water partition coefficient (Wildman–Crippen LogP) is 1.29. The van der Waals surface area contributed by atoms with Crippen LogP contribution >= 0.6 is 0 Å². The molecule has 20 heavy (non-hydrogen) atoms. The number of rotatable bonds is 3. The first-order valence-corrected chi connectivity index (χ1v) is 8.10. The maximum Gasteiger partial charge on any atom is 0.241 e. The Morgan fingerprint density at radius 1 is 1.35 bits per heavy atom. The number of hydrogen-bond acceptors (Lipinski definition) is 4. The molecule has 1 heterocycles. The summed E-state index contributed by atoms with van der Waals surface area (Å²) in [5.41, 5.74) is 0.647. The molecule has 0 radical (unpaired) electrons. The molecule has 108 valence electrons. The van der Waals surface area contributed by atoms with E-state index in [0.29, 0.717) is 11.1 Å². The lowest BCUT2D eigenvalue weighted by Gasteiger charge is -2.34. The van der Waals surface area contributed by atoms with Crippen molar-refractivity contribution in [3.05, 3.63) is 29.3 Å². The molecule has 0 atom stereocenters. The lowest BCUT2D eigenvalue weighted by molar-refractivity contribution is 0.308. The van der Waals surface area contributed by atoms with Crippen molar-refractivity contribution in [1.82, 2.24) is 10.0 Å². The van der Waals surface area contributed by atoms with Crippen LogP contribution in [0.3, 0.4) is 0 Å². The molecule has 5 nitrogen and oxygen atoms in total. The molecule has 1 saturated heterocycles. The molecule has 1 aromatic rings.